The molecule has 0 bridgehead atoms. The molecule has 0 aliphatic carbocycles. The number of aromatic amines is 1. The fourth-order valence-electron chi connectivity index (χ4n) is 3.72. The summed E-state index contributed by atoms with van der Waals surface area (Å²) >= 11 is 0. The van der Waals surface area contributed by atoms with E-state index < -0.39 is 5.41 Å². The fraction of sp³-hybridized carbons (Fsp3) is 0.227. The molecule has 2 heterocycles. The molecule has 0 saturated carbocycles. The summed E-state index contributed by atoms with van der Waals surface area (Å²) in [4.78, 5) is 22.1. The van der Waals surface area contributed by atoms with Crippen LogP contribution in [0, 0.1) is 11.3 Å². The molecule has 5 nitrogen and oxygen atoms in total. The van der Waals surface area contributed by atoms with Gasteiger partial charge in [-0.1, -0.05) is 42.5 Å². The Bertz CT molecular complexity index is 965. The number of imidazole rings is 1. The van der Waals surface area contributed by atoms with Gasteiger partial charge in [-0.3, -0.25) is 4.79 Å². The van der Waals surface area contributed by atoms with Gasteiger partial charge in [-0.05, 0) is 30.5 Å². The van der Waals surface area contributed by atoms with E-state index in [0.717, 1.165) is 17.0 Å². The number of aromatic nitrogens is 2. The van der Waals surface area contributed by atoms with Gasteiger partial charge in [0.25, 0.3) is 5.91 Å². The second-order valence-corrected chi connectivity index (χ2v) is 6.87. The highest BCUT2D eigenvalue weighted by Gasteiger charge is 2.37. The molecule has 27 heavy (non-hydrogen) atoms. The van der Waals surface area contributed by atoms with Gasteiger partial charge in [0, 0.05) is 36.6 Å². The average molecular weight is 356 g/mol. The van der Waals surface area contributed by atoms with Crippen molar-refractivity contribution in [2.24, 2.45) is 0 Å². The number of piperidine rings is 1. The van der Waals surface area contributed by atoms with Crippen LogP contribution in [0.2, 0.25) is 0 Å². The first-order valence-corrected chi connectivity index (χ1v) is 9.08. The predicted octanol–water partition coefficient (Wildman–Crippen LogP) is 3.77. The Morgan fingerprint density at radius 3 is 2.56 bits per heavy atom. The van der Waals surface area contributed by atoms with Crippen molar-refractivity contribution < 1.29 is 4.79 Å². The molecule has 1 saturated heterocycles. The number of rotatable bonds is 3. The quantitative estimate of drug-likeness (QED) is 0.776. The molecular formula is C22H20N4O. The molecule has 1 aliphatic heterocycles. The van der Waals surface area contributed by atoms with Crippen molar-refractivity contribution in [3.8, 4) is 17.5 Å². The minimum atomic E-state index is -0.506. The van der Waals surface area contributed by atoms with E-state index in [-0.39, 0.29) is 5.91 Å². The van der Waals surface area contributed by atoms with Crippen LogP contribution >= 0.6 is 0 Å². The highest BCUT2D eigenvalue weighted by molar-refractivity contribution is 5.95. The molecule has 134 valence electrons. The van der Waals surface area contributed by atoms with Crippen LogP contribution in [-0.2, 0) is 5.41 Å². The SMILES string of the molecule is N#CC1(c2ccccc2)CCN(C(=O)c2cccc(-c3ncc[nH]3)c2)CC1. The number of H-pyrrole nitrogens is 1. The maximum Gasteiger partial charge on any atom is 0.253 e. The lowest BCUT2D eigenvalue weighted by Crippen LogP contribution is -2.44. The number of nitrogens with one attached hydrogen (secondary N) is 1. The number of nitriles is 1. The van der Waals surface area contributed by atoms with Gasteiger partial charge in [-0.25, -0.2) is 4.98 Å². The Hall–Kier alpha value is -3.39. The summed E-state index contributed by atoms with van der Waals surface area (Å²) in [5.41, 5.74) is 2.07. The first-order chi connectivity index (χ1) is 13.2. The van der Waals surface area contributed by atoms with Crippen LogP contribution in [0.5, 0.6) is 0 Å². The lowest BCUT2D eigenvalue weighted by molar-refractivity contribution is 0.0692. The summed E-state index contributed by atoms with van der Waals surface area (Å²) in [6, 6.07) is 19.9. The molecule has 0 atom stereocenters. The van der Waals surface area contributed by atoms with E-state index in [0.29, 0.717) is 31.5 Å². The van der Waals surface area contributed by atoms with Crippen LogP contribution in [0.1, 0.15) is 28.8 Å². The van der Waals surface area contributed by atoms with Crippen molar-refractivity contribution in [3.63, 3.8) is 0 Å². The van der Waals surface area contributed by atoms with Gasteiger partial charge >= 0.3 is 0 Å². The van der Waals surface area contributed by atoms with Crippen LogP contribution in [0.4, 0.5) is 0 Å². The van der Waals surface area contributed by atoms with Gasteiger partial charge in [0.1, 0.15) is 5.82 Å². The van der Waals surface area contributed by atoms with Gasteiger partial charge in [0.2, 0.25) is 0 Å². The molecule has 1 fully saturated rings. The van der Waals surface area contributed by atoms with E-state index >= 15 is 0 Å². The summed E-state index contributed by atoms with van der Waals surface area (Å²) in [7, 11) is 0. The smallest absolute Gasteiger partial charge is 0.253 e. The maximum atomic E-state index is 13.0. The third kappa shape index (κ3) is 3.22. The Labute approximate surface area is 158 Å². The number of carbonyl (C=O) groups excluding carboxylic acids is 1. The lowest BCUT2D eigenvalue weighted by atomic mass is 9.74. The van der Waals surface area contributed by atoms with E-state index in [4.69, 9.17) is 0 Å². The van der Waals surface area contributed by atoms with Crippen molar-refractivity contribution in [2.75, 3.05) is 13.1 Å². The maximum absolute atomic E-state index is 13.0. The number of benzene rings is 2. The number of nitrogens with zero attached hydrogens (tertiary/aromatic N) is 3. The Morgan fingerprint density at radius 1 is 1.11 bits per heavy atom. The summed E-state index contributed by atoms with van der Waals surface area (Å²) in [6.45, 7) is 1.15. The minimum Gasteiger partial charge on any atom is -0.345 e. The number of amides is 1. The molecule has 1 aromatic heterocycles. The molecule has 0 radical (unpaired) electrons. The van der Waals surface area contributed by atoms with E-state index in [2.05, 4.69) is 16.0 Å². The van der Waals surface area contributed by atoms with E-state index in [1.54, 1.807) is 12.4 Å². The van der Waals surface area contributed by atoms with Crippen molar-refractivity contribution in [1.29, 1.82) is 5.26 Å². The summed E-state index contributed by atoms with van der Waals surface area (Å²) in [5, 5.41) is 9.82. The van der Waals surface area contributed by atoms with E-state index in [1.807, 2.05) is 59.5 Å². The normalized spacial score (nSPS) is 15.9. The number of hydrogen-bond acceptors (Lipinski definition) is 3. The molecule has 0 spiro atoms. The van der Waals surface area contributed by atoms with Crippen LogP contribution in [0.15, 0.2) is 67.0 Å². The predicted molar refractivity (Wildman–Crippen MR) is 103 cm³/mol. The third-order valence-electron chi connectivity index (χ3n) is 5.33. The third-order valence-corrected chi connectivity index (χ3v) is 5.33. The monoisotopic (exact) mass is 356 g/mol. The summed E-state index contributed by atoms with van der Waals surface area (Å²) < 4.78 is 0. The van der Waals surface area contributed by atoms with Crippen LogP contribution in [-0.4, -0.2) is 33.9 Å². The highest BCUT2D eigenvalue weighted by atomic mass is 16.2. The van der Waals surface area contributed by atoms with Crippen LogP contribution in [0.3, 0.4) is 0 Å². The first kappa shape index (κ1) is 17.0. The average Bonchev–Trinajstić information content (AvgIpc) is 3.29. The first-order valence-electron chi connectivity index (χ1n) is 9.08. The zero-order valence-corrected chi connectivity index (χ0v) is 14.9. The van der Waals surface area contributed by atoms with Crippen LogP contribution < -0.4 is 0 Å². The number of hydrogen-bond donors (Lipinski definition) is 1. The molecule has 4 rings (SSSR count). The van der Waals surface area contributed by atoms with Gasteiger partial charge < -0.3 is 9.88 Å². The Kier molecular flexibility index (Phi) is 4.47. The van der Waals surface area contributed by atoms with Gasteiger partial charge in [0.05, 0.1) is 11.5 Å². The second-order valence-electron chi connectivity index (χ2n) is 6.87. The van der Waals surface area contributed by atoms with E-state index in [1.165, 1.54) is 0 Å². The standard InChI is InChI=1S/C22H20N4O/c23-16-22(19-7-2-1-3-8-19)9-13-26(14-10-22)21(27)18-6-4-5-17(15-18)20-24-11-12-25-20/h1-8,11-12,15H,9-10,13-14H2,(H,24,25). The molecule has 3 aromatic rings. The molecule has 0 unspecified atom stereocenters. The summed E-state index contributed by atoms with van der Waals surface area (Å²) in [6.07, 6.45) is 4.76. The number of carbonyl (C=O) groups is 1. The van der Waals surface area contributed by atoms with Crippen LogP contribution in [0.25, 0.3) is 11.4 Å². The van der Waals surface area contributed by atoms with Crippen molar-refractivity contribution in [2.45, 2.75) is 18.3 Å². The Balaban J connectivity index is 1.51. The van der Waals surface area contributed by atoms with Crippen molar-refractivity contribution in [3.05, 3.63) is 78.1 Å². The molecule has 2 aromatic carbocycles. The van der Waals surface area contributed by atoms with E-state index in [9.17, 15) is 10.1 Å². The molecular weight excluding hydrogens is 336 g/mol. The molecule has 5 heteroatoms. The lowest BCUT2D eigenvalue weighted by Gasteiger charge is -2.37. The zero-order chi connectivity index (χ0) is 18.7. The highest BCUT2D eigenvalue weighted by Crippen LogP contribution is 2.35. The van der Waals surface area contributed by atoms with Gasteiger partial charge in [-0.2, -0.15) is 5.26 Å². The molecule has 1 N–H and O–H groups in total. The fourth-order valence-corrected chi connectivity index (χ4v) is 3.72. The van der Waals surface area contributed by atoms with Gasteiger partial charge in [-0.15, -0.1) is 0 Å². The number of likely N-dealkylation sites (tertiary alicyclic amines) is 1. The molecule has 1 aliphatic rings. The largest absolute Gasteiger partial charge is 0.345 e. The van der Waals surface area contributed by atoms with Gasteiger partial charge in [0.15, 0.2) is 0 Å². The molecule has 1 amide bonds. The topological polar surface area (TPSA) is 72.8 Å². The zero-order valence-electron chi connectivity index (χ0n) is 14.9. The minimum absolute atomic E-state index is 0.00278. The van der Waals surface area contributed by atoms with Crippen molar-refractivity contribution in [1.82, 2.24) is 14.9 Å². The Morgan fingerprint density at radius 2 is 1.89 bits per heavy atom. The van der Waals surface area contributed by atoms with Crippen molar-refractivity contribution >= 4 is 5.91 Å². The summed E-state index contributed by atoms with van der Waals surface area (Å²) in [5.74, 6) is 0.749. The second kappa shape index (κ2) is 7.08.